The minimum absolute atomic E-state index is 0.0248. The molecule has 1 aromatic carbocycles. The van der Waals surface area contributed by atoms with Crippen LogP contribution in [0.25, 0.3) is 5.78 Å². The summed E-state index contributed by atoms with van der Waals surface area (Å²) in [5.41, 5.74) is 4.57. The first-order valence-corrected chi connectivity index (χ1v) is 9.74. The van der Waals surface area contributed by atoms with E-state index in [1.807, 2.05) is 52.0 Å². The molecule has 0 saturated heterocycles. The molecule has 1 atom stereocenters. The van der Waals surface area contributed by atoms with E-state index in [1.165, 1.54) is 6.33 Å². The third-order valence-electron chi connectivity index (χ3n) is 4.98. The van der Waals surface area contributed by atoms with Crippen molar-refractivity contribution in [2.75, 3.05) is 5.32 Å². The number of fused-ring (bicyclic) bond motifs is 1. The molecular weight excluding hydrogens is 368 g/mol. The number of carbonyl (C=O) groups is 2. The Morgan fingerprint density at radius 1 is 1.14 bits per heavy atom. The fraction of sp³-hybridized carbons (Fsp3) is 0.381. The van der Waals surface area contributed by atoms with Crippen LogP contribution in [0.2, 0.25) is 0 Å². The van der Waals surface area contributed by atoms with Gasteiger partial charge in [-0.05, 0) is 50.5 Å². The summed E-state index contributed by atoms with van der Waals surface area (Å²) in [5, 5.41) is 10.0. The Morgan fingerprint density at radius 3 is 2.55 bits per heavy atom. The van der Waals surface area contributed by atoms with Crippen LogP contribution in [0.5, 0.6) is 0 Å². The number of rotatable bonds is 7. The molecule has 2 aromatic heterocycles. The molecule has 3 rings (SSSR count). The van der Waals surface area contributed by atoms with Gasteiger partial charge < -0.3 is 10.6 Å². The molecule has 2 amide bonds. The molecule has 0 saturated carbocycles. The van der Waals surface area contributed by atoms with E-state index >= 15 is 0 Å². The molecule has 29 heavy (non-hydrogen) atoms. The van der Waals surface area contributed by atoms with Gasteiger partial charge in [0.15, 0.2) is 0 Å². The van der Waals surface area contributed by atoms with Crippen LogP contribution in [0, 0.1) is 13.8 Å². The standard InChI is InChI=1S/C21H26N6O2/c1-5-19(28)26-17-8-6-16(7-9-17)13(2)24-20(29)11-10-18-14(3)25-21-22-12-23-27(21)15(18)4/h6-9,12-13H,5,10-11H2,1-4H3,(H,24,29)(H,26,28). The van der Waals surface area contributed by atoms with Gasteiger partial charge >= 0.3 is 0 Å². The molecule has 0 aliphatic rings. The number of hydrogen-bond acceptors (Lipinski definition) is 5. The van der Waals surface area contributed by atoms with Crippen molar-refractivity contribution in [3.63, 3.8) is 0 Å². The first kappa shape index (κ1) is 20.4. The zero-order valence-corrected chi connectivity index (χ0v) is 17.2. The molecule has 152 valence electrons. The Hall–Kier alpha value is -3.29. The van der Waals surface area contributed by atoms with Gasteiger partial charge in [-0.25, -0.2) is 9.50 Å². The molecule has 0 fully saturated rings. The van der Waals surface area contributed by atoms with Crippen molar-refractivity contribution in [2.45, 2.75) is 53.0 Å². The van der Waals surface area contributed by atoms with Gasteiger partial charge in [0, 0.05) is 29.9 Å². The number of nitrogens with one attached hydrogen (secondary N) is 2. The summed E-state index contributed by atoms with van der Waals surface area (Å²) >= 11 is 0. The predicted octanol–water partition coefficient (Wildman–Crippen LogP) is 2.90. The van der Waals surface area contributed by atoms with Crippen LogP contribution in [0.4, 0.5) is 5.69 Å². The van der Waals surface area contributed by atoms with Crippen molar-refractivity contribution in [3.05, 3.63) is 53.1 Å². The highest BCUT2D eigenvalue weighted by Crippen LogP contribution is 2.18. The second kappa shape index (κ2) is 8.81. The normalized spacial score (nSPS) is 12.0. The van der Waals surface area contributed by atoms with Gasteiger partial charge in [-0.2, -0.15) is 10.1 Å². The minimum atomic E-state index is -0.128. The first-order valence-electron chi connectivity index (χ1n) is 9.74. The van der Waals surface area contributed by atoms with E-state index in [2.05, 4.69) is 25.7 Å². The van der Waals surface area contributed by atoms with E-state index in [0.717, 1.165) is 28.2 Å². The molecule has 0 radical (unpaired) electrons. The number of anilines is 1. The van der Waals surface area contributed by atoms with Crippen LogP contribution in [0.1, 0.15) is 55.2 Å². The van der Waals surface area contributed by atoms with E-state index in [0.29, 0.717) is 25.0 Å². The average molecular weight is 394 g/mol. The maximum Gasteiger partial charge on any atom is 0.252 e. The summed E-state index contributed by atoms with van der Waals surface area (Å²) in [6, 6.07) is 7.38. The van der Waals surface area contributed by atoms with Gasteiger partial charge in [-0.15, -0.1) is 0 Å². The van der Waals surface area contributed by atoms with E-state index < -0.39 is 0 Å². The van der Waals surface area contributed by atoms with Crippen molar-refractivity contribution >= 4 is 23.3 Å². The molecule has 8 nitrogen and oxygen atoms in total. The van der Waals surface area contributed by atoms with Gasteiger partial charge in [0.25, 0.3) is 5.78 Å². The fourth-order valence-corrected chi connectivity index (χ4v) is 3.26. The second-order valence-corrected chi connectivity index (χ2v) is 7.05. The Labute approximate surface area is 169 Å². The molecule has 1 unspecified atom stereocenters. The fourth-order valence-electron chi connectivity index (χ4n) is 3.26. The maximum absolute atomic E-state index is 12.5. The molecular formula is C21H26N6O2. The third-order valence-corrected chi connectivity index (χ3v) is 4.98. The van der Waals surface area contributed by atoms with Crippen molar-refractivity contribution in [3.8, 4) is 0 Å². The van der Waals surface area contributed by atoms with Gasteiger partial charge in [0.1, 0.15) is 6.33 Å². The lowest BCUT2D eigenvalue weighted by molar-refractivity contribution is -0.121. The van der Waals surface area contributed by atoms with Crippen LogP contribution in [0.15, 0.2) is 30.6 Å². The summed E-state index contributed by atoms with van der Waals surface area (Å²) in [6.07, 6.45) is 2.86. The Balaban J connectivity index is 1.59. The number of aryl methyl sites for hydroxylation is 2. The lowest BCUT2D eigenvalue weighted by Gasteiger charge is -2.16. The van der Waals surface area contributed by atoms with Gasteiger partial charge in [0.05, 0.1) is 6.04 Å². The molecule has 2 N–H and O–H groups in total. The van der Waals surface area contributed by atoms with Crippen LogP contribution in [0.3, 0.4) is 0 Å². The van der Waals surface area contributed by atoms with Crippen LogP contribution in [-0.2, 0) is 16.0 Å². The van der Waals surface area contributed by atoms with Gasteiger partial charge in [0.2, 0.25) is 11.8 Å². The number of amides is 2. The van der Waals surface area contributed by atoms with Gasteiger partial charge in [-0.1, -0.05) is 19.1 Å². The number of carbonyl (C=O) groups excluding carboxylic acids is 2. The lowest BCUT2D eigenvalue weighted by atomic mass is 10.0. The Morgan fingerprint density at radius 2 is 1.86 bits per heavy atom. The first-order chi connectivity index (χ1) is 13.9. The number of nitrogens with zero attached hydrogens (tertiary/aromatic N) is 4. The number of hydrogen-bond donors (Lipinski definition) is 2. The second-order valence-electron chi connectivity index (χ2n) is 7.05. The number of benzene rings is 1. The highest BCUT2D eigenvalue weighted by Gasteiger charge is 2.14. The molecule has 0 bridgehead atoms. The average Bonchev–Trinajstić information content (AvgIpc) is 3.16. The largest absolute Gasteiger partial charge is 0.350 e. The van der Waals surface area contributed by atoms with Crippen molar-refractivity contribution in [1.29, 1.82) is 0 Å². The quantitative estimate of drug-likeness (QED) is 0.642. The summed E-state index contributed by atoms with van der Waals surface area (Å²) < 4.78 is 1.70. The maximum atomic E-state index is 12.5. The van der Waals surface area contributed by atoms with Crippen molar-refractivity contribution in [2.24, 2.45) is 0 Å². The summed E-state index contributed by atoms with van der Waals surface area (Å²) in [6.45, 7) is 7.64. The summed E-state index contributed by atoms with van der Waals surface area (Å²) in [5.74, 6) is 0.516. The third kappa shape index (κ3) is 4.77. The number of aromatic nitrogens is 4. The Kier molecular flexibility index (Phi) is 6.21. The molecule has 0 aliphatic heterocycles. The molecule has 0 aliphatic carbocycles. The van der Waals surface area contributed by atoms with Gasteiger partial charge in [-0.3, -0.25) is 9.59 Å². The van der Waals surface area contributed by atoms with Crippen LogP contribution >= 0.6 is 0 Å². The topological polar surface area (TPSA) is 101 Å². The summed E-state index contributed by atoms with van der Waals surface area (Å²) in [7, 11) is 0. The minimum Gasteiger partial charge on any atom is -0.350 e. The van der Waals surface area contributed by atoms with Crippen molar-refractivity contribution < 1.29 is 9.59 Å². The highest BCUT2D eigenvalue weighted by molar-refractivity contribution is 5.90. The monoisotopic (exact) mass is 394 g/mol. The molecule has 2 heterocycles. The lowest BCUT2D eigenvalue weighted by Crippen LogP contribution is -2.27. The van der Waals surface area contributed by atoms with E-state index in [9.17, 15) is 9.59 Å². The van der Waals surface area contributed by atoms with Crippen LogP contribution in [-0.4, -0.2) is 31.4 Å². The molecule has 8 heteroatoms. The zero-order valence-electron chi connectivity index (χ0n) is 17.2. The van der Waals surface area contributed by atoms with E-state index in [1.54, 1.807) is 4.52 Å². The zero-order chi connectivity index (χ0) is 21.0. The smallest absolute Gasteiger partial charge is 0.252 e. The molecule has 3 aromatic rings. The SMILES string of the molecule is CCC(=O)Nc1ccc(C(C)NC(=O)CCc2c(C)nc3ncnn3c2C)cc1. The van der Waals surface area contributed by atoms with Crippen molar-refractivity contribution in [1.82, 2.24) is 24.9 Å². The van der Waals surface area contributed by atoms with E-state index in [-0.39, 0.29) is 17.9 Å². The van der Waals surface area contributed by atoms with Crippen LogP contribution < -0.4 is 10.6 Å². The summed E-state index contributed by atoms with van der Waals surface area (Å²) in [4.78, 5) is 32.5. The Bertz CT molecular complexity index is 1030. The molecule has 0 spiro atoms. The predicted molar refractivity (Wildman–Crippen MR) is 110 cm³/mol. The van der Waals surface area contributed by atoms with E-state index in [4.69, 9.17) is 0 Å². The highest BCUT2D eigenvalue weighted by atomic mass is 16.2.